The minimum Gasteiger partial charge on any atom is -0.437 e. The Morgan fingerprint density at radius 1 is 0.810 bits per heavy atom. The molecule has 1 aromatic carbocycles. The van der Waals surface area contributed by atoms with E-state index in [9.17, 15) is 0 Å². The SMILES string of the molecule is C[Si](C)(C)O[Si](C)(CC[SiH2]c1ccccc1)O[Si](C)(C)C. The van der Waals surface area contributed by atoms with E-state index in [0.29, 0.717) is 0 Å². The smallest absolute Gasteiger partial charge is 0.314 e. The van der Waals surface area contributed by atoms with Crippen LogP contribution in [0.3, 0.4) is 0 Å². The Hall–Kier alpha value is 0.00753. The summed E-state index contributed by atoms with van der Waals surface area (Å²) in [6.07, 6.45) is 0. The molecule has 0 aliphatic heterocycles. The molecule has 0 amide bonds. The maximum atomic E-state index is 6.55. The lowest BCUT2D eigenvalue weighted by Crippen LogP contribution is -2.52. The van der Waals surface area contributed by atoms with Crippen LogP contribution in [0.1, 0.15) is 0 Å². The molecule has 0 saturated heterocycles. The van der Waals surface area contributed by atoms with Crippen molar-refractivity contribution in [2.75, 3.05) is 0 Å². The van der Waals surface area contributed by atoms with Gasteiger partial charge in [-0.25, -0.2) is 0 Å². The number of benzene rings is 1. The van der Waals surface area contributed by atoms with E-state index in [1.807, 2.05) is 0 Å². The van der Waals surface area contributed by atoms with Crippen molar-refractivity contribution in [3.05, 3.63) is 30.3 Å². The molecule has 1 rings (SSSR count). The number of hydrogen-bond acceptors (Lipinski definition) is 2. The molecule has 0 aliphatic rings. The van der Waals surface area contributed by atoms with Crippen molar-refractivity contribution in [2.45, 2.75) is 57.9 Å². The zero-order valence-electron chi connectivity index (χ0n) is 14.8. The molecule has 0 N–H and O–H groups in total. The van der Waals surface area contributed by atoms with Crippen LogP contribution in [0.15, 0.2) is 30.3 Å². The van der Waals surface area contributed by atoms with Crippen molar-refractivity contribution in [3.63, 3.8) is 0 Å². The van der Waals surface area contributed by atoms with Gasteiger partial charge in [0.1, 0.15) is 0 Å². The molecule has 0 aliphatic carbocycles. The summed E-state index contributed by atoms with van der Waals surface area (Å²) < 4.78 is 13.1. The quantitative estimate of drug-likeness (QED) is 0.662. The number of rotatable bonds is 8. The molecule has 0 spiro atoms. The van der Waals surface area contributed by atoms with E-state index in [-0.39, 0.29) is 9.52 Å². The van der Waals surface area contributed by atoms with E-state index in [2.05, 4.69) is 76.2 Å². The molecule has 0 saturated carbocycles. The van der Waals surface area contributed by atoms with Crippen LogP contribution in [0.25, 0.3) is 0 Å². The highest BCUT2D eigenvalue weighted by Gasteiger charge is 2.39. The Morgan fingerprint density at radius 3 is 1.71 bits per heavy atom. The first-order chi connectivity index (χ1) is 9.49. The first kappa shape index (κ1) is 19.1. The lowest BCUT2D eigenvalue weighted by atomic mass is 10.4. The second-order valence-corrected chi connectivity index (χ2v) is 22.8. The van der Waals surface area contributed by atoms with Crippen LogP contribution in [0.4, 0.5) is 0 Å². The molecule has 0 atom stereocenters. The molecule has 2 nitrogen and oxygen atoms in total. The molecule has 1 aromatic rings. The van der Waals surface area contributed by atoms with E-state index >= 15 is 0 Å². The predicted molar refractivity (Wildman–Crippen MR) is 105 cm³/mol. The largest absolute Gasteiger partial charge is 0.437 e. The molecular weight excluding hydrogens is 325 g/mol. The number of hydrogen-bond donors (Lipinski definition) is 0. The van der Waals surface area contributed by atoms with Gasteiger partial charge in [-0.2, -0.15) is 0 Å². The van der Waals surface area contributed by atoms with Crippen LogP contribution in [0.5, 0.6) is 0 Å². The average molecular weight is 357 g/mol. The second kappa shape index (κ2) is 7.52. The van der Waals surface area contributed by atoms with E-state index in [1.165, 1.54) is 6.04 Å². The van der Waals surface area contributed by atoms with Crippen LogP contribution in [0.2, 0.25) is 57.9 Å². The van der Waals surface area contributed by atoms with Crippen LogP contribution in [-0.4, -0.2) is 34.7 Å². The van der Waals surface area contributed by atoms with Gasteiger partial charge >= 0.3 is 8.56 Å². The van der Waals surface area contributed by atoms with Crippen molar-refractivity contribution in [3.8, 4) is 0 Å². The van der Waals surface area contributed by atoms with E-state index in [1.54, 1.807) is 5.19 Å². The fourth-order valence-electron chi connectivity index (χ4n) is 2.68. The molecular formula is C15H32O2Si4. The third-order valence-electron chi connectivity index (χ3n) is 2.98. The Kier molecular flexibility index (Phi) is 6.82. The van der Waals surface area contributed by atoms with Crippen molar-refractivity contribution in [2.24, 2.45) is 0 Å². The Morgan fingerprint density at radius 2 is 1.29 bits per heavy atom. The molecule has 0 radical (unpaired) electrons. The summed E-state index contributed by atoms with van der Waals surface area (Å²) in [6, 6.07) is 13.4. The third-order valence-corrected chi connectivity index (χ3v) is 15.1. The molecule has 0 unspecified atom stereocenters. The summed E-state index contributed by atoms with van der Waals surface area (Å²) in [6.45, 7) is 16.0. The highest BCUT2D eigenvalue weighted by molar-refractivity contribution is 6.88. The maximum Gasteiger partial charge on any atom is 0.314 e. The van der Waals surface area contributed by atoms with E-state index < -0.39 is 25.2 Å². The first-order valence-electron chi connectivity index (χ1n) is 7.93. The van der Waals surface area contributed by atoms with E-state index in [4.69, 9.17) is 8.23 Å². The molecule has 0 aromatic heterocycles. The Bertz CT molecular complexity index is 408. The van der Waals surface area contributed by atoms with Crippen molar-refractivity contribution >= 4 is 39.9 Å². The summed E-state index contributed by atoms with van der Waals surface area (Å²) in [4.78, 5) is 0. The monoisotopic (exact) mass is 356 g/mol. The summed E-state index contributed by atoms with van der Waals surface area (Å²) in [5.41, 5.74) is 0. The minimum atomic E-state index is -2.02. The maximum absolute atomic E-state index is 6.55. The van der Waals surface area contributed by atoms with Gasteiger partial charge < -0.3 is 8.23 Å². The van der Waals surface area contributed by atoms with Gasteiger partial charge in [0.2, 0.25) is 0 Å². The summed E-state index contributed by atoms with van der Waals surface area (Å²) >= 11 is 0. The van der Waals surface area contributed by atoms with Gasteiger partial charge in [0.05, 0.1) is 9.52 Å². The normalized spacial score (nSPS) is 14.0. The van der Waals surface area contributed by atoms with Gasteiger partial charge in [0.25, 0.3) is 0 Å². The first-order valence-corrected chi connectivity index (χ1v) is 19.0. The average Bonchev–Trinajstić information content (AvgIpc) is 2.24. The third kappa shape index (κ3) is 8.89. The minimum absolute atomic E-state index is 0.192. The van der Waals surface area contributed by atoms with Crippen LogP contribution in [0, 0.1) is 0 Å². The Labute approximate surface area is 136 Å². The van der Waals surface area contributed by atoms with Crippen LogP contribution >= 0.6 is 0 Å². The van der Waals surface area contributed by atoms with Gasteiger partial charge in [-0.05, 0) is 51.9 Å². The topological polar surface area (TPSA) is 18.5 Å². The standard InChI is InChI=1S/C15H32O2Si4/c1-19(2,3)16-21(7,17-20(4,5)6)14-13-18-15-11-9-8-10-12-15/h8-12H,13-14,18H2,1-7H3. The van der Waals surface area contributed by atoms with Crippen molar-refractivity contribution in [1.29, 1.82) is 0 Å². The molecule has 0 heterocycles. The summed E-state index contributed by atoms with van der Waals surface area (Å²) in [5.74, 6) is 0. The van der Waals surface area contributed by atoms with Gasteiger partial charge in [0, 0.05) is 0 Å². The van der Waals surface area contributed by atoms with Crippen LogP contribution < -0.4 is 5.19 Å². The summed E-state index contributed by atoms with van der Waals surface area (Å²) in [7, 11) is -5.30. The fraction of sp³-hybridized carbons (Fsp3) is 0.600. The lowest BCUT2D eigenvalue weighted by Gasteiger charge is -2.38. The summed E-state index contributed by atoms with van der Waals surface area (Å²) in [5, 5.41) is 1.55. The predicted octanol–water partition coefficient (Wildman–Crippen LogP) is 3.67. The van der Waals surface area contributed by atoms with Gasteiger partial charge in [-0.15, -0.1) is 0 Å². The molecule has 120 valence electrons. The van der Waals surface area contributed by atoms with Gasteiger partial charge in [-0.3, -0.25) is 0 Å². The lowest BCUT2D eigenvalue weighted by molar-refractivity contribution is 0.386. The Balaban J connectivity index is 2.64. The van der Waals surface area contributed by atoms with Crippen molar-refractivity contribution in [1.82, 2.24) is 0 Å². The van der Waals surface area contributed by atoms with Gasteiger partial charge in [-0.1, -0.05) is 41.6 Å². The molecule has 0 bridgehead atoms. The molecule has 21 heavy (non-hydrogen) atoms. The van der Waals surface area contributed by atoms with E-state index in [0.717, 1.165) is 6.04 Å². The molecule has 6 heteroatoms. The second-order valence-electron chi connectivity index (χ2n) is 7.90. The molecule has 0 fully saturated rings. The highest BCUT2D eigenvalue weighted by Crippen LogP contribution is 2.25. The van der Waals surface area contributed by atoms with Crippen molar-refractivity contribution < 1.29 is 8.23 Å². The van der Waals surface area contributed by atoms with Gasteiger partial charge in [0.15, 0.2) is 16.6 Å². The zero-order chi connectivity index (χ0) is 16.1. The highest BCUT2D eigenvalue weighted by atomic mass is 28.5. The van der Waals surface area contributed by atoms with Crippen LogP contribution in [-0.2, 0) is 8.23 Å². The zero-order valence-corrected chi connectivity index (χ0v) is 19.2. The fourth-order valence-corrected chi connectivity index (χ4v) is 18.7.